The minimum absolute atomic E-state index is 0.311. The summed E-state index contributed by atoms with van der Waals surface area (Å²) in [5, 5.41) is 0. The van der Waals surface area contributed by atoms with Gasteiger partial charge in [0.1, 0.15) is 11.5 Å². The molecule has 0 spiro atoms. The number of rotatable bonds is 4. The number of benzene rings is 3. The Morgan fingerprint density at radius 2 is 0.833 bits per heavy atom. The summed E-state index contributed by atoms with van der Waals surface area (Å²) >= 11 is 4.20. The highest BCUT2D eigenvalue weighted by atomic mass is 127. The number of ether oxygens (including phenoxy) is 2. The Labute approximate surface area is 194 Å². The third-order valence-electron chi connectivity index (χ3n) is 3.85. The van der Waals surface area contributed by atoms with Crippen LogP contribution < -0.4 is 9.47 Å². The van der Waals surface area contributed by atoms with E-state index in [9.17, 15) is 26.3 Å². The van der Waals surface area contributed by atoms with E-state index in [2.05, 4.69) is 54.7 Å². The first-order valence-electron chi connectivity index (χ1n) is 8.13. The van der Waals surface area contributed by atoms with Crippen molar-refractivity contribution in [1.29, 1.82) is 0 Å². The van der Waals surface area contributed by atoms with Gasteiger partial charge in [-0.3, -0.25) is 0 Å². The molecule has 3 aromatic rings. The molecule has 0 heterocycles. The van der Waals surface area contributed by atoms with Crippen LogP contribution in [-0.4, -0.2) is 12.7 Å². The van der Waals surface area contributed by atoms with E-state index < -0.39 is 12.7 Å². The third-order valence-corrected chi connectivity index (χ3v) is 5.64. The van der Waals surface area contributed by atoms with Gasteiger partial charge in [0.05, 0.1) is 0 Å². The molecule has 0 fully saturated rings. The van der Waals surface area contributed by atoms with E-state index in [1.54, 1.807) is 0 Å². The maximum atomic E-state index is 12.3. The van der Waals surface area contributed by atoms with Gasteiger partial charge in [-0.1, -0.05) is 24.3 Å². The van der Waals surface area contributed by atoms with Crippen LogP contribution in [-0.2, 0) is 0 Å². The molecule has 0 bridgehead atoms. The highest BCUT2D eigenvalue weighted by Crippen LogP contribution is 2.36. The second kappa shape index (κ2) is 8.81. The number of alkyl halides is 6. The molecule has 0 saturated carbocycles. The first-order chi connectivity index (χ1) is 13.9. The van der Waals surface area contributed by atoms with E-state index in [-0.39, 0.29) is 11.5 Å². The fourth-order valence-electron chi connectivity index (χ4n) is 2.66. The lowest BCUT2D eigenvalue weighted by Crippen LogP contribution is -2.17. The molecule has 2 nitrogen and oxygen atoms in total. The summed E-state index contributed by atoms with van der Waals surface area (Å²) in [5.74, 6) is -0.623. The molecule has 158 valence electrons. The fraction of sp³-hybridized carbons (Fsp3) is 0.100. The zero-order valence-corrected chi connectivity index (χ0v) is 18.9. The van der Waals surface area contributed by atoms with E-state index >= 15 is 0 Å². The zero-order chi connectivity index (χ0) is 22.1. The molecule has 0 radical (unpaired) electrons. The van der Waals surface area contributed by atoms with Crippen molar-refractivity contribution in [3.63, 3.8) is 0 Å². The smallest absolute Gasteiger partial charge is 0.406 e. The van der Waals surface area contributed by atoms with Crippen LogP contribution in [0.3, 0.4) is 0 Å². The van der Waals surface area contributed by atoms with Crippen molar-refractivity contribution >= 4 is 45.2 Å². The second-order valence-corrected chi connectivity index (χ2v) is 8.28. The molecule has 0 saturated heterocycles. The maximum absolute atomic E-state index is 12.3. The summed E-state index contributed by atoms with van der Waals surface area (Å²) < 4.78 is 83.2. The largest absolute Gasteiger partial charge is 0.573 e. The van der Waals surface area contributed by atoms with E-state index in [0.29, 0.717) is 11.1 Å². The molecular weight excluding hydrogens is 640 g/mol. The van der Waals surface area contributed by atoms with Gasteiger partial charge in [-0.25, -0.2) is 0 Å². The molecule has 0 N–H and O–H groups in total. The van der Waals surface area contributed by atoms with Crippen molar-refractivity contribution in [2.24, 2.45) is 0 Å². The molecule has 0 aliphatic carbocycles. The predicted octanol–water partition coefficient (Wildman–Crippen LogP) is 8.03. The molecule has 0 aromatic heterocycles. The third kappa shape index (κ3) is 6.15. The van der Waals surface area contributed by atoms with Gasteiger partial charge in [0.15, 0.2) is 0 Å². The predicted molar refractivity (Wildman–Crippen MR) is 116 cm³/mol. The van der Waals surface area contributed by atoms with Crippen LogP contribution in [0.15, 0.2) is 60.7 Å². The van der Waals surface area contributed by atoms with Gasteiger partial charge in [-0.2, -0.15) is 0 Å². The van der Waals surface area contributed by atoms with Crippen molar-refractivity contribution in [3.8, 4) is 33.8 Å². The molecule has 0 unspecified atom stereocenters. The number of hydrogen-bond acceptors (Lipinski definition) is 2. The Morgan fingerprint density at radius 3 is 1.10 bits per heavy atom. The summed E-state index contributed by atoms with van der Waals surface area (Å²) in [5.41, 5.74) is 3.01. The molecule has 3 rings (SSSR count). The molecule has 0 aliphatic rings. The van der Waals surface area contributed by atoms with Gasteiger partial charge in [0.25, 0.3) is 0 Å². The van der Waals surface area contributed by atoms with E-state index in [0.717, 1.165) is 18.3 Å². The number of halogens is 8. The molecule has 0 aliphatic heterocycles. The Bertz CT molecular complexity index is 944. The summed E-state index contributed by atoms with van der Waals surface area (Å²) in [4.78, 5) is 0. The molecule has 10 heteroatoms. The lowest BCUT2D eigenvalue weighted by molar-refractivity contribution is -0.275. The Hall–Kier alpha value is -1.70. The molecule has 0 amide bonds. The van der Waals surface area contributed by atoms with Gasteiger partial charge in [-0.05, 0) is 104 Å². The normalized spacial score (nSPS) is 12.0. The van der Waals surface area contributed by atoms with Gasteiger partial charge in [-0.15, -0.1) is 26.3 Å². The fourth-order valence-corrected chi connectivity index (χ4v) is 4.22. The molecule has 0 atom stereocenters. The van der Waals surface area contributed by atoms with Crippen molar-refractivity contribution in [2.75, 3.05) is 0 Å². The van der Waals surface area contributed by atoms with Crippen molar-refractivity contribution in [3.05, 3.63) is 67.8 Å². The lowest BCUT2D eigenvalue weighted by atomic mass is 10.00. The molecular formula is C20H10F6I2O2. The van der Waals surface area contributed by atoms with Crippen LogP contribution >= 0.6 is 45.2 Å². The van der Waals surface area contributed by atoms with Crippen LogP contribution in [0.5, 0.6) is 11.5 Å². The lowest BCUT2D eigenvalue weighted by Gasteiger charge is -2.13. The average Bonchev–Trinajstić information content (AvgIpc) is 2.62. The Morgan fingerprint density at radius 1 is 0.533 bits per heavy atom. The second-order valence-electron chi connectivity index (χ2n) is 5.96. The summed E-state index contributed by atoms with van der Waals surface area (Å²) in [6.45, 7) is 0. The summed E-state index contributed by atoms with van der Waals surface area (Å²) in [7, 11) is 0. The monoisotopic (exact) mass is 650 g/mol. The quantitative estimate of drug-likeness (QED) is 0.211. The Balaban J connectivity index is 1.87. The van der Waals surface area contributed by atoms with Crippen LogP contribution in [0.2, 0.25) is 0 Å². The highest BCUT2D eigenvalue weighted by molar-refractivity contribution is 14.1. The first kappa shape index (κ1) is 23.0. The van der Waals surface area contributed by atoms with Crippen LogP contribution in [0, 0.1) is 7.14 Å². The Kier molecular flexibility index (Phi) is 6.75. The van der Waals surface area contributed by atoms with E-state index in [1.165, 1.54) is 48.5 Å². The number of hydrogen-bond donors (Lipinski definition) is 0. The van der Waals surface area contributed by atoms with Gasteiger partial charge in [0.2, 0.25) is 0 Å². The van der Waals surface area contributed by atoms with Gasteiger partial charge in [0, 0.05) is 7.14 Å². The van der Waals surface area contributed by atoms with Gasteiger partial charge < -0.3 is 9.47 Å². The SMILES string of the molecule is FC(F)(F)Oc1ccc(-c2cc(I)c(-c3ccc(OC(F)(F)F)cc3)cc2I)cc1. The highest BCUT2D eigenvalue weighted by Gasteiger charge is 2.31. The van der Waals surface area contributed by atoms with Crippen LogP contribution in [0.25, 0.3) is 22.3 Å². The molecule has 3 aromatic carbocycles. The topological polar surface area (TPSA) is 18.5 Å². The maximum Gasteiger partial charge on any atom is 0.573 e. The summed E-state index contributed by atoms with van der Waals surface area (Å²) in [6.07, 6.45) is -9.51. The minimum Gasteiger partial charge on any atom is -0.406 e. The van der Waals surface area contributed by atoms with Crippen molar-refractivity contribution in [2.45, 2.75) is 12.7 Å². The minimum atomic E-state index is -4.76. The zero-order valence-electron chi connectivity index (χ0n) is 14.6. The van der Waals surface area contributed by atoms with Crippen LogP contribution in [0.4, 0.5) is 26.3 Å². The van der Waals surface area contributed by atoms with E-state index in [1.807, 2.05) is 12.1 Å². The van der Waals surface area contributed by atoms with Crippen LogP contribution in [0.1, 0.15) is 0 Å². The molecule has 30 heavy (non-hydrogen) atoms. The standard InChI is InChI=1S/C20H10F6I2O2/c21-19(22,23)29-13-5-1-11(2-6-13)15-9-18(28)16(10-17(15)27)12-3-7-14(8-4-12)30-20(24,25)26/h1-10H. The summed E-state index contributed by atoms with van der Waals surface area (Å²) in [6, 6.07) is 14.8. The van der Waals surface area contributed by atoms with Crippen molar-refractivity contribution < 1.29 is 35.8 Å². The van der Waals surface area contributed by atoms with Gasteiger partial charge >= 0.3 is 12.7 Å². The first-order valence-corrected chi connectivity index (χ1v) is 10.3. The average molecular weight is 650 g/mol. The van der Waals surface area contributed by atoms with E-state index in [4.69, 9.17) is 0 Å². The van der Waals surface area contributed by atoms with Crippen molar-refractivity contribution in [1.82, 2.24) is 0 Å².